The fourth-order valence-electron chi connectivity index (χ4n) is 1.68. The molecule has 0 aliphatic carbocycles. The first-order chi connectivity index (χ1) is 11.4. The molecule has 126 valence electrons. The molecule has 0 saturated carbocycles. The monoisotopic (exact) mass is 367 g/mol. The number of hydrogen-bond acceptors (Lipinski definition) is 3. The van der Waals surface area contributed by atoms with Gasteiger partial charge < -0.3 is 10.1 Å². The van der Waals surface area contributed by atoms with Crippen LogP contribution in [0, 0.1) is 12.7 Å². The van der Waals surface area contributed by atoms with Crippen LogP contribution in [0.5, 0.6) is 5.75 Å². The second kappa shape index (κ2) is 8.47. The van der Waals surface area contributed by atoms with E-state index in [1.807, 2.05) is 19.1 Å². The number of hydrazine groups is 1. The van der Waals surface area contributed by atoms with Crippen LogP contribution < -0.4 is 20.9 Å². The molecule has 0 heterocycles. The van der Waals surface area contributed by atoms with Crippen LogP contribution in [0.4, 0.5) is 10.1 Å². The van der Waals surface area contributed by atoms with E-state index < -0.39 is 11.7 Å². The number of benzene rings is 2. The number of carbonyl (C=O) groups is 1. The minimum atomic E-state index is -0.525. The van der Waals surface area contributed by atoms with Crippen molar-refractivity contribution in [3.8, 4) is 5.75 Å². The van der Waals surface area contributed by atoms with Crippen molar-refractivity contribution in [1.29, 1.82) is 0 Å². The second-order valence-electron chi connectivity index (χ2n) is 4.86. The number of carbonyl (C=O) groups excluding carboxylic acids is 1. The molecule has 0 spiro atoms. The molecular weight excluding hydrogens is 353 g/mol. The van der Waals surface area contributed by atoms with Crippen LogP contribution in [-0.4, -0.2) is 17.6 Å². The van der Waals surface area contributed by atoms with E-state index in [1.54, 1.807) is 12.1 Å². The van der Waals surface area contributed by atoms with Gasteiger partial charge in [0.15, 0.2) is 11.7 Å². The molecule has 8 heteroatoms. The Kier molecular flexibility index (Phi) is 6.34. The summed E-state index contributed by atoms with van der Waals surface area (Å²) in [5.41, 5.74) is 6.49. The van der Waals surface area contributed by atoms with Crippen molar-refractivity contribution >= 4 is 40.5 Å². The lowest BCUT2D eigenvalue weighted by molar-refractivity contribution is -0.123. The molecule has 0 saturated heterocycles. The Balaban J connectivity index is 1.73. The Labute approximate surface area is 149 Å². The van der Waals surface area contributed by atoms with Crippen LogP contribution in [0.1, 0.15) is 5.56 Å². The molecule has 24 heavy (non-hydrogen) atoms. The molecule has 0 atom stereocenters. The number of ether oxygens (including phenoxy) is 1. The molecule has 0 unspecified atom stereocenters. The summed E-state index contributed by atoms with van der Waals surface area (Å²) < 4.78 is 18.4. The first kappa shape index (κ1) is 18.0. The SMILES string of the molecule is Cc1ccc(OCC(=O)NNC(=S)Nc2ccc(F)c(Cl)c2)cc1. The molecule has 1 amide bonds. The Bertz CT molecular complexity index is 741. The maximum absolute atomic E-state index is 13.1. The van der Waals surface area contributed by atoms with Crippen LogP contribution in [0.15, 0.2) is 42.5 Å². The summed E-state index contributed by atoms with van der Waals surface area (Å²) in [4.78, 5) is 11.7. The van der Waals surface area contributed by atoms with Gasteiger partial charge in [-0.25, -0.2) is 4.39 Å². The van der Waals surface area contributed by atoms with Crippen LogP contribution >= 0.6 is 23.8 Å². The van der Waals surface area contributed by atoms with E-state index in [2.05, 4.69) is 16.2 Å². The van der Waals surface area contributed by atoms with Gasteiger partial charge in [-0.2, -0.15) is 0 Å². The van der Waals surface area contributed by atoms with Crippen LogP contribution in [0.3, 0.4) is 0 Å². The second-order valence-corrected chi connectivity index (χ2v) is 5.67. The van der Waals surface area contributed by atoms with E-state index in [9.17, 15) is 9.18 Å². The number of nitrogens with one attached hydrogen (secondary N) is 3. The number of aryl methyl sites for hydroxylation is 1. The molecule has 0 aliphatic rings. The van der Waals surface area contributed by atoms with Crippen molar-refractivity contribution in [2.24, 2.45) is 0 Å². The molecule has 0 fully saturated rings. The number of rotatable bonds is 4. The van der Waals surface area contributed by atoms with Crippen LogP contribution in [0.25, 0.3) is 0 Å². The first-order valence-electron chi connectivity index (χ1n) is 6.94. The smallest absolute Gasteiger partial charge is 0.276 e. The van der Waals surface area contributed by atoms with E-state index in [0.717, 1.165) is 5.56 Å². The number of amides is 1. The molecule has 0 aliphatic heterocycles. The highest BCUT2D eigenvalue weighted by atomic mass is 35.5. The topological polar surface area (TPSA) is 62.4 Å². The van der Waals surface area contributed by atoms with E-state index in [4.69, 9.17) is 28.6 Å². The van der Waals surface area contributed by atoms with Crippen molar-refractivity contribution in [1.82, 2.24) is 10.9 Å². The van der Waals surface area contributed by atoms with Crippen molar-refractivity contribution in [2.45, 2.75) is 6.92 Å². The van der Waals surface area contributed by atoms with Gasteiger partial charge in [-0.1, -0.05) is 29.3 Å². The molecule has 0 radical (unpaired) electrons. The molecule has 0 bridgehead atoms. The highest BCUT2D eigenvalue weighted by Crippen LogP contribution is 2.19. The minimum absolute atomic E-state index is 0.0293. The zero-order valence-electron chi connectivity index (χ0n) is 12.7. The summed E-state index contributed by atoms with van der Waals surface area (Å²) in [5, 5.41) is 2.86. The lowest BCUT2D eigenvalue weighted by atomic mass is 10.2. The van der Waals surface area contributed by atoms with E-state index in [1.165, 1.54) is 18.2 Å². The number of thiocarbonyl (C=S) groups is 1. The van der Waals surface area contributed by atoms with Gasteiger partial charge in [0, 0.05) is 5.69 Å². The molecule has 0 aromatic heterocycles. The van der Waals surface area contributed by atoms with Gasteiger partial charge in [-0.15, -0.1) is 0 Å². The lowest BCUT2D eigenvalue weighted by Crippen LogP contribution is -2.45. The van der Waals surface area contributed by atoms with Crippen molar-refractivity contribution in [3.63, 3.8) is 0 Å². The standard InChI is InChI=1S/C16H15ClFN3O2S/c1-10-2-5-12(6-3-10)23-9-15(22)20-21-16(24)19-11-4-7-14(18)13(17)8-11/h2-8H,9H2,1H3,(H,20,22)(H2,19,21,24). The molecule has 5 nitrogen and oxygen atoms in total. The average molecular weight is 368 g/mol. The largest absolute Gasteiger partial charge is 0.484 e. The summed E-state index contributed by atoms with van der Waals surface area (Å²) in [6.45, 7) is 1.80. The maximum atomic E-state index is 13.1. The molecule has 3 N–H and O–H groups in total. The molecular formula is C16H15ClFN3O2S. The maximum Gasteiger partial charge on any atom is 0.276 e. The van der Waals surface area contributed by atoms with Gasteiger partial charge in [-0.3, -0.25) is 15.6 Å². The van der Waals surface area contributed by atoms with Gasteiger partial charge in [-0.05, 0) is 49.5 Å². The third-order valence-electron chi connectivity index (χ3n) is 2.88. The van der Waals surface area contributed by atoms with Gasteiger partial charge in [0.25, 0.3) is 5.91 Å². The molecule has 2 aromatic carbocycles. The highest BCUT2D eigenvalue weighted by molar-refractivity contribution is 7.80. The van der Waals surface area contributed by atoms with Gasteiger partial charge in [0.1, 0.15) is 11.6 Å². The van der Waals surface area contributed by atoms with Crippen molar-refractivity contribution < 1.29 is 13.9 Å². The number of hydrogen-bond donors (Lipinski definition) is 3. The first-order valence-corrected chi connectivity index (χ1v) is 7.73. The fraction of sp³-hybridized carbons (Fsp3) is 0.125. The average Bonchev–Trinajstić information content (AvgIpc) is 2.56. The third kappa shape index (κ3) is 5.68. The predicted octanol–water partition coefficient (Wildman–Crippen LogP) is 3.18. The number of anilines is 1. The summed E-state index contributed by atoms with van der Waals surface area (Å²) >= 11 is 10.7. The molecule has 2 rings (SSSR count). The summed E-state index contributed by atoms with van der Waals surface area (Å²) in [5.74, 6) is -0.336. The Morgan fingerprint density at radius 2 is 1.92 bits per heavy atom. The summed E-state index contributed by atoms with van der Waals surface area (Å²) in [6.07, 6.45) is 0. The van der Waals surface area contributed by atoms with Crippen LogP contribution in [-0.2, 0) is 4.79 Å². The van der Waals surface area contributed by atoms with Gasteiger partial charge in [0.05, 0.1) is 5.02 Å². The van der Waals surface area contributed by atoms with E-state index >= 15 is 0 Å². The normalized spacial score (nSPS) is 9.96. The highest BCUT2D eigenvalue weighted by Gasteiger charge is 2.05. The number of halogens is 2. The predicted molar refractivity (Wildman–Crippen MR) is 95.6 cm³/mol. The Hall–Kier alpha value is -2.38. The molecule has 2 aromatic rings. The summed E-state index contributed by atoms with van der Waals surface area (Å²) in [6, 6.07) is 11.4. The fourth-order valence-corrected chi connectivity index (χ4v) is 2.03. The van der Waals surface area contributed by atoms with Crippen molar-refractivity contribution in [2.75, 3.05) is 11.9 Å². The van der Waals surface area contributed by atoms with E-state index in [-0.39, 0.29) is 16.7 Å². The van der Waals surface area contributed by atoms with Gasteiger partial charge in [0.2, 0.25) is 0 Å². The van der Waals surface area contributed by atoms with Gasteiger partial charge >= 0.3 is 0 Å². The van der Waals surface area contributed by atoms with Crippen molar-refractivity contribution in [3.05, 3.63) is 58.9 Å². The van der Waals surface area contributed by atoms with Crippen LogP contribution in [0.2, 0.25) is 5.02 Å². The minimum Gasteiger partial charge on any atom is -0.484 e. The Morgan fingerprint density at radius 3 is 2.58 bits per heavy atom. The quantitative estimate of drug-likeness (QED) is 0.572. The zero-order chi connectivity index (χ0) is 17.5. The zero-order valence-corrected chi connectivity index (χ0v) is 14.3. The third-order valence-corrected chi connectivity index (χ3v) is 3.38. The van der Waals surface area contributed by atoms with E-state index in [0.29, 0.717) is 11.4 Å². The Morgan fingerprint density at radius 1 is 1.21 bits per heavy atom. The summed E-state index contributed by atoms with van der Waals surface area (Å²) in [7, 11) is 0. The lowest BCUT2D eigenvalue weighted by Gasteiger charge is -2.12.